The number of nitrogens with zero attached hydrogens (tertiary/aromatic N) is 5. The number of amides is 1. The lowest BCUT2D eigenvalue weighted by atomic mass is 10.2. The van der Waals surface area contributed by atoms with Gasteiger partial charge in [-0.25, -0.2) is 15.0 Å². The van der Waals surface area contributed by atoms with Gasteiger partial charge >= 0.3 is 0 Å². The second kappa shape index (κ2) is 9.05. The van der Waals surface area contributed by atoms with E-state index in [1.807, 2.05) is 31.2 Å². The zero-order valence-electron chi connectivity index (χ0n) is 17.4. The Labute approximate surface area is 183 Å². The van der Waals surface area contributed by atoms with E-state index in [-0.39, 0.29) is 5.91 Å². The Morgan fingerprint density at radius 2 is 2.03 bits per heavy atom. The molecule has 4 heterocycles. The van der Waals surface area contributed by atoms with E-state index in [1.165, 1.54) is 17.7 Å². The van der Waals surface area contributed by atoms with Crippen LogP contribution in [-0.2, 0) is 13.2 Å². The van der Waals surface area contributed by atoms with Crippen molar-refractivity contribution >= 4 is 27.5 Å². The lowest BCUT2D eigenvalue weighted by Crippen LogP contribution is -2.26. The van der Waals surface area contributed by atoms with Crippen LogP contribution in [0.3, 0.4) is 0 Å². The van der Waals surface area contributed by atoms with Gasteiger partial charge in [-0.1, -0.05) is 6.07 Å². The molecule has 1 amide bonds. The predicted molar refractivity (Wildman–Crippen MR) is 117 cm³/mol. The largest absolute Gasteiger partial charge is 0.481 e. The average molecular weight is 436 g/mol. The minimum Gasteiger partial charge on any atom is -0.481 e. The maximum atomic E-state index is 13.2. The Morgan fingerprint density at radius 3 is 2.81 bits per heavy atom. The zero-order valence-corrected chi connectivity index (χ0v) is 18.2. The summed E-state index contributed by atoms with van der Waals surface area (Å²) >= 11 is 1.34. The SMILES string of the molecule is COc1cc(CN(C)C(=O)c2sc3ncnc(OCc4cccnc4)c3c2C)ccn1. The average Bonchev–Trinajstić information content (AvgIpc) is 3.15. The molecule has 0 aliphatic rings. The van der Waals surface area contributed by atoms with Crippen LogP contribution in [0.2, 0.25) is 0 Å². The van der Waals surface area contributed by atoms with E-state index in [1.54, 1.807) is 37.6 Å². The van der Waals surface area contributed by atoms with Crippen LogP contribution in [0, 0.1) is 6.92 Å². The third kappa shape index (κ3) is 4.46. The van der Waals surface area contributed by atoms with Gasteiger partial charge in [-0.2, -0.15) is 0 Å². The molecule has 0 spiro atoms. The van der Waals surface area contributed by atoms with Crippen LogP contribution in [0.15, 0.2) is 49.2 Å². The van der Waals surface area contributed by atoms with E-state index in [0.29, 0.717) is 29.8 Å². The molecule has 0 atom stereocenters. The fraction of sp³-hybridized carbons (Fsp3) is 0.227. The Hall–Kier alpha value is -3.59. The molecule has 4 rings (SSSR count). The van der Waals surface area contributed by atoms with Gasteiger partial charge in [0.2, 0.25) is 11.8 Å². The Bertz CT molecular complexity index is 1210. The first-order valence-electron chi connectivity index (χ1n) is 9.57. The van der Waals surface area contributed by atoms with E-state index in [9.17, 15) is 4.79 Å². The van der Waals surface area contributed by atoms with Crippen LogP contribution in [0.5, 0.6) is 11.8 Å². The number of thiophene rings is 1. The lowest BCUT2D eigenvalue weighted by Gasteiger charge is -2.17. The molecule has 31 heavy (non-hydrogen) atoms. The molecule has 4 aromatic heterocycles. The maximum Gasteiger partial charge on any atom is 0.264 e. The minimum absolute atomic E-state index is 0.0884. The second-order valence-electron chi connectivity index (χ2n) is 6.93. The molecule has 0 fully saturated rings. The predicted octanol–water partition coefficient (Wildman–Crippen LogP) is 3.65. The molecule has 0 saturated carbocycles. The first-order chi connectivity index (χ1) is 15.1. The first-order valence-corrected chi connectivity index (χ1v) is 10.4. The van der Waals surface area contributed by atoms with Gasteiger partial charge in [0.25, 0.3) is 5.91 Å². The molecule has 8 nitrogen and oxygen atoms in total. The minimum atomic E-state index is -0.0884. The molecule has 0 aliphatic carbocycles. The highest BCUT2D eigenvalue weighted by molar-refractivity contribution is 7.20. The summed E-state index contributed by atoms with van der Waals surface area (Å²) in [6, 6.07) is 7.47. The number of hydrogen-bond donors (Lipinski definition) is 0. The van der Waals surface area contributed by atoms with Crippen LogP contribution in [0.1, 0.15) is 26.4 Å². The van der Waals surface area contributed by atoms with Gasteiger partial charge in [0.15, 0.2) is 0 Å². The Balaban J connectivity index is 1.57. The van der Waals surface area contributed by atoms with E-state index >= 15 is 0 Å². The molecule has 0 radical (unpaired) electrons. The van der Waals surface area contributed by atoms with Gasteiger partial charge in [0.05, 0.1) is 17.4 Å². The summed E-state index contributed by atoms with van der Waals surface area (Å²) in [6.45, 7) is 2.67. The Kier molecular flexibility index (Phi) is 6.03. The van der Waals surface area contributed by atoms with Crippen LogP contribution in [0.25, 0.3) is 10.2 Å². The van der Waals surface area contributed by atoms with Crippen LogP contribution in [-0.4, -0.2) is 44.9 Å². The number of carbonyl (C=O) groups is 1. The fourth-order valence-electron chi connectivity index (χ4n) is 3.17. The first kappa shape index (κ1) is 20.7. The smallest absolute Gasteiger partial charge is 0.264 e. The quantitative estimate of drug-likeness (QED) is 0.438. The van der Waals surface area contributed by atoms with Crippen molar-refractivity contribution in [3.63, 3.8) is 0 Å². The van der Waals surface area contributed by atoms with Gasteiger partial charge in [-0.15, -0.1) is 11.3 Å². The third-order valence-electron chi connectivity index (χ3n) is 4.76. The van der Waals surface area contributed by atoms with E-state index < -0.39 is 0 Å². The number of aromatic nitrogens is 4. The zero-order chi connectivity index (χ0) is 21.8. The molecule has 9 heteroatoms. The molecule has 158 valence electrons. The summed E-state index contributed by atoms with van der Waals surface area (Å²) < 4.78 is 11.1. The molecule has 4 aromatic rings. The van der Waals surface area contributed by atoms with E-state index in [2.05, 4.69) is 19.9 Å². The molecular formula is C22H21N5O3S. The third-order valence-corrected chi connectivity index (χ3v) is 5.95. The summed E-state index contributed by atoms with van der Waals surface area (Å²) in [6.07, 6.45) is 6.58. The number of aryl methyl sites for hydroxylation is 1. The number of hydrogen-bond acceptors (Lipinski definition) is 8. The summed E-state index contributed by atoms with van der Waals surface area (Å²) in [5.41, 5.74) is 2.68. The molecule has 0 aromatic carbocycles. The van der Waals surface area contributed by atoms with Crippen LogP contribution < -0.4 is 9.47 Å². The van der Waals surface area contributed by atoms with Crippen molar-refractivity contribution in [3.05, 3.63) is 70.8 Å². The normalized spacial score (nSPS) is 10.8. The van der Waals surface area contributed by atoms with Gasteiger partial charge in [-0.05, 0) is 30.2 Å². The standard InChI is InChI=1S/C22H21N5O3S/c1-14-18-20(30-12-16-5-4-7-23-10-16)25-13-26-21(18)31-19(14)22(28)27(2)11-15-6-8-24-17(9-15)29-3/h4-10,13H,11-12H2,1-3H3. The van der Waals surface area contributed by atoms with Crippen molar-refractivity contribution in [2.75, 3.05) is 14.2 Å². The number of ether oxygens (including phenoxy) is 2. The molecule has 0 aliphatic heterocycles. The monoisotopic (exact) mass is 435 g/mol. The van der Waals surface area contributed by atoms with Crippen molar-refractivity contribution in [1.82, 2.24) is 24.8 Å². The number of rotatable bonds is 7. The second-order valence-corrected chi connectivity index (χ2v) is 7.93. The van der Waals surface area contributed by atoms with Crippen molar-refractivity contribution in [3.8, 4) is 11.8 Å². The Morgan fingerprint density at radius 1 is 1.16 bits per heavy atom. The molecular weight excluding hydrogens is 414 g/mol. The molecule has 0 unspecified atom stereocenters. The van der Waals surface area contributed by atoms with Crippen molar-refractivity contribution in [1.29, 1.82) is 0 Å². The highest BCUT2D eigenvalue weighted by Gasteiger charge is 2.22. The summed E-state index contributed by atoms with van der Waals surface area (Å²) in [5, 5.41) is 0.763. The summed E-state index contributed by atoms with van der Waals surface area (Å²) in [4.78, 5) is 33.0. The summed E-state index contributed by atoms with van der Waals surface area (Å²) in [7, 11) is 3.33. The lowest BCUT2D eigenvalue weighted by molar-refractivity contribution is 0.0789. The van der Waals surface area contributed by atoms with Gasteiger partial charge < -0.3 is 14.4 Å². The fourth-order valence-corrected chi connectivity index (χ4v) is 4.30. The van der Waals surface area contributed by atoms with Crippen molar-refractivity contribution < 1.29 is 14.3 Å². The molecule has 0 saturated heterocycles. The number of methoxy groups -OCH3 is 1. The van der Waals surface area contributed by atoms with Gasteiger partial charge in [-0.3, -0.25) is 9.78 Å². The van der Waals surface area contributed by atoms with E-state index in [0.717, 1.165) is 26.9 Å². The van der Waals surface area contributed by atoms with Crippen molar-refractivity contribution in [2.24, 2.45) is 0 Å². The van der Waals surface area contributed by atoms with Crippen LogP contribution in [0.4, 0.5) is 0 Å². The topological polar surface area (TPSA) is 90.3 Å². The number of carbonyl (C=O) groups excluding carboxylic acids is 1. The van der Waals surface area contributed by atoms with Gasteiger partial charge in [0, 0.05) is 43.8 Å². The highest BCUT2D eigenvalue weighted by Crippen LogP contribution is 2.35. The number of pyridine rings is 2. The van der Waals surface area contributed by atoms with Gasteiger partial charge in [0.1, 0.15) is 17.8 Å². The maximum absolute atomic E-state index is 13.2. The number of fused-ring (bicyclic) bond motifs is 1. The highest BCUT2D eigenvalue weighted by atomic mass is 32.1. The molecule has 0 N–H and O–H groups in total. The van der Waals surface area contributed by atoms with Crippen LogP contribution >= 0.6 is 11.3 Å². The summed E-state index contributed by atoms with van der Waals surface area (Å²) in [5.74, 6) is 0.889. The van der Waals surface area contributed by atoms with E-state index in [4.69, 9.17) is 9.47 Å². The molecule has 0 bridgehead atoms. The van der Waals surface area contributed by atoms with Crippen molar-refractivity contribution in [2.45, 2.75) is 20.1 Å².